The lowest BCUT2D eigenvalue weighted by Crippen LogP contribution is -2.34. The molecule has 4 heteroatoms. The zero-order chi connectivity index (χ0) is 14.6. The molecule has 0 atom stereocenters. The van der Waals surface area contributed by atoms with Crippen LogP contribution in [0.15, 0.2) is 60.7 Å². The molecule has 0 bridgehead atoms. The second kappa shape index (κ2) is 6.34. The van der Waals surface area contributed by atoms with Crippen LogP contribution in [0.25, 0.3) is 0 Å². The van der Waals surface area contributed by atoms with Crippen molar-refractivity contribution in [2.45, 2.75) is 19.9 Å². The van der Waals surface area contributed by atoms with Crippen molar-refractivity contribution in [2.75, 3.05) is 0 Å². The van der Waals surface area contributed by atoms with Crippen molar-refractivity contribution in [3.63, 3.8) is 0 Å². The van der Waals surface area contributed by atoms with Crippen LogP contribution in [-0.4, -0.2) is 10.8 Å². The van der Waals surface area contributed by atoms with E-state index in [4.69, 9.17) is 12.2 Å². The summed E-state index contributed by atoms with van der Waals surface area (Å²) in [5.41, 5.74) is 0. The molecule has 2 rings (SSSR count). The third-order valence-corrected chi connectivity index (χ3v) is 6.58. The first-order valence-corrected chi connectivity index (χ1v) is 8.69. The van der Waals surface area contributed by atoms with Crippen LogP contribution in [-0.2, 0) is 4.57 Å². The molecule has 0 saturated heterocycles. The van der Waals surface area contributed by atoms with Crippen LogP contribution in [0, 0.1) is 0 Å². The van der Waals surface area contributed by atoms with Gasteiger partial charge in [-0.2, -0.15) is 0 Å². The molecule has 2 aromatic rings. The largest absolute Gasteiger partial charge is 0.371 e. The van der Waals surface area contributed by atoms with E-state index < -0.39 is 7.14 Å². The van der Waals surface area contributed by atoms with Gasteiger partial charge in [0.1, 0.15) is 4.73 Å². The van der Waals surface area contributed by atoms with Crippen LogP contribution in [0.2, 0.25) is 0 Å². The molecule has 0 fully saturated rings. The van der Waals surface area contributed by atoms with E-state index in [-0.39, 0.29) is 6.04 Å². The Labute approximate surface area is 125 Å². The third kappa shape index (κ3) is 3.00. The number of hydrogen-bond donors (Lipinski definition) is 1. The van der Waals surface area contributed by atoms with Gasteiger partial charge < -0.3 is 9.88 Å². The van der Waals surface area contributed by atoms with Crippen LogP contribution in [0.5, 0.6) is 0 Å². The highest BCUT2D eigenvalue weighted by Gasteiger charge is 2.32. The number of hydrogen-bond acceptors (Lipinski definition) is 2. The smallest absolute Gasteiger partial charge is 0.196 e. The van der Waals surface area contributed by atoms with Gasteiger partial charge in [0, 0.05) is 16.7 Å². The van der Waals surface area contributed by atoms with E-state index in [1.54, 1.807) is 0 Å². The van der Waals surface area contributed by atoms with Crippen LogP contribution in [0.4, 0.5) is 0 Å². The molecule has 20 heavy (non-hydrogen) atoms. The first-order valence-electron chi connectivity index (χ1n) is 6.57. The van der Waals surface area contributed by atoms with E-state index in [1.807, 2.05) is 74.5 Å². The number of benzene rings is 2. The van der Waals surface area contributed by atoms with E-state index >= 15 is 0 Å². The molecule has 0 aliphatic rings. The van der Waals surface area contributed by atoms with Crippen molar-refractivity contribution < 1.29 is 4.57 Å². The van der Waals surface area contributed by atoms with E-state index in [0.29, 0.717) is 4.73 Å². The maximum absolute atomic E-state index is 13.6. The molecule has 2 nitrogen and oxygen atoms in total. The van der Waals surface area contributed by atoms with Gasteiger partial charge in [0.25, 0.3) is 0 Å². The Morgan fingerprint density at radius 1 is 0.950 bits per heavy atom. The lowest BCUT2D eigenvalue weighted by molar-refractivity contribution is 0.592. The minimum Gasteiger partial charge on any atom is -0.371 e. The highest BCUT2D eigenvalue weighted by Crippen LogP contribution is 2.44. The van der Waals surface area contributed by atoms with E-state index in [2.05, 4.69) is 5.32 Å². The highest BCUT2D eigenvalue weighted by molar-refractivity contribution is 8.07. The van der Waals surface area contributed by atoms with E-state index in [9.17, 15) is 4.57 Å². The molecule has 0 saturated carbocycles. The molecule has 0 aliphatic carbocycles. The van der Waals surface area contributed by atoms with Gasteiger partial charge in [-0.15, -0.1) is 0 Å². The van der Waals surface area contributed by atoms with Crippen molar-refractivity contribution in [2.24, 2.45) is 0 Å². The van der Waals surface area contributed by atoms with Crippen molar-refractivity contribution in [1.29, 1.82) is 0 Å². The van der Waals surface area contributed by atoms with Crippen LogP contribution in [0.1, 0.15) is 13.8 Å². The van der Waals surface area contributed by atoms with Crippen molar-refractivity contribution >= 4 is 34.7 Å². The Morgan fingerprint density at radius 3 is 1.70 bits per heavy atom. The first-order chi connectivity index (χ1) is 9.55. The normalized spacial score (nSPS) is 11.3. The Morgan fingerprint density at radius 2 is 1.35 bits per heavy atom. The van der Waals surface area contributed by atoms with E-state index in [0.717, 1.165) is 10.6 Å². The van der Waals surface area contributed by atoms with Gasteiger partial charge in [-0.05, 0) is 13.8 Å². The zero-order valence-electron chi connectivity index (χ0n) is 11.6. The molecule has 0 radical (unpaired) electrons. The van der Waals surface area contributed by atoms with Gasteiger partial charge in [0.05, 0.1) is 0 Å². The maximum Gasteiger partial charge on any atom is 0.196 e. The first kappa shape index (κ1) is 15.0. The minimum atomic E-state index is -2.95. The molecule has 0 amide bonds. The van der Waals surface area contributed by atoms with Gasteiger partial charge in [-0.1, -0.05) is 72.9 Å². The van der Waals surface area contributed by atoms with Crippen LogP contribution in [0.3, 0.4) is 0 Å². The summed E-state index contributed by atoms with van der Waals surface area (Å²) in [7, 11) is -2.95. The van der Waals surface area contributed by atoms with Gasteiger partial charge in [-0.25, -0.2) is 0 Å². The molecule has 0 heterocycles. The molecule has 1 N–H and O–H groups in total. The van der Waals surface area contributed by atoms with Crippen molar-refractivity contribution in [3.8, 4) is 0 Å². The van der Waals surface area contributed by atoms with Gasteiger partial charge in [-0.3, -0.25) is 0 Å². The monoisotopic (exact) mass is 303 g/mol. The Bertz CT molecular complexity index is 582. The lowest BCUT2D eigenvalue weighted by Gasteiger charge is -2.22. The van der Waals surface area contributed by atoms with Crippen LogP contribution < -0.4 is 15.9 Å². The summed E-state index contributed by atoms with van der Waals surface area (Å²) in [6, 6.07) is 19.1. The Hall–Kier alpha value is -1.44. The third-order valence-electron chi connectivity index (χ3n) is 2.94. The predicted octanol–water partition coefficient (Wildman–Crippen LogP) is 3.28. The second-order valence-electron chi connectivity index (χ2n) is 4.88. The molecule has 104 valence electrons. The summed E-state index contributed by atoms with van der Waals surface area (Å²) in [6.07, 6.45) is 0. The molecule has 0 aromatic heterocycles. The fourth-order valence-electron chi connectivity index (χ4n) is 2.00. The van der Waals surface area contributed by atoms with Gasteiger partial charge >= 0.3 is 0 Å². The Kier molecular flexibility index (Phi) is 4.74. The SMILES string of the molecule is CC(C)NC(=S)P(=O)(c1ccccc1)c1ccccc1. The summed E-state index contributed by atoms with van der Waals surface area (Å²) in [5, 5.41) is 4.68. The molecule has 2 aromatic carbocycles. The molecular formula is C16H18NOPS. The van der Waals surface area contributed by atoms with Crippen LogP contribution >= 0.6 is 19.4 Å². The molecular weight excluding hydrogens is 285 g/mol. The summed E-state index contributed by atoms with van der Waals surface area (Å²) in [4.78, 5) is 0. The quantitative estimate of drug-likeness (QED) is 0.694. The highest BCUT2D eigenvalue weighted by atomic mass is 32.1. The number of nitrogens with one attached hydrogen (secondary N) is 1. The summed E-state index contributed by atoms with van der Waals surface area (Å²) >= 11 is 5.45. The summed E-state index contributed by atoms with van der Waals surface area (Å²) < 4.78 is 14.1. The average molecular weight is 303 g/mol. The molecule has 0 aliphatic heterocycles. The minimum absolute atomic E-state index is 0.156. The van der Waals surface area contributed by atoms with Crippen molar-refractivity contribution in [1.82, 2.24) is 5.32 Å². The zero-order valence-corrected chi connectivity index (χ0v) is 13.3. The number of rotatable bonds is 4. The van der Waals surface area contributed by atoms with Crippen molar-refractivity contribution in [3.05, 3.63) is 60.7 Å². The lowest BCUT2D eigenvalue weighted by atomic mass is 10.4. The number of thiocarbonyl (C=S) groups is 1. The standard InChI is InChI=1S/C16H18NOPS/c1-13(2)17-16(20)19(18,14-9-5-3-6-10-14)15-11-7-4-8-12-15/h3-13H,1-2H3,(H,17,20). The topological polar surface area (TPSA) is 29.1 Å². The average Bonchev–Trinajstić information content (AvgIpc) is 2.47. The molecule has 0 unspecified atom stereocenters. The Balaban J connectivity index is 2.56. The summed E-state index contributed by atoms with van der Waals surface area (Å²) in [6.45, 7) is 3.99. The second-order valence-corrected chi connectivity index (χ2v) is 8.29. The fourth-order valence-corrected chi connectivity index (χ4v) is 5.26. The van der Waals surface area contributed by atoms with E-state index in [1.165, 1.54) is 0 Å². The molecule has 0 spiro atoms. The van der Waals surface area contributed by atoms with Gasteiger partial charge in [0.15, 0.2) is 7.14 Å². The maximum atomic E-state index is 13.6. The fraction of sp³-hybridized carbons (Fsp3) is 0.188. The van der Waals surface area contributed by atoms with Gasteiger partial charge in [0.2, 0.25) is 0 Å². The summed E-state index contributed by atoms with van der Waals surface area (Å²) in [5.74, 6) is 0. The predicted molar refractivity (Wildman–Crippen MR) is 90.6 cm³/mol.